The summed E-state index contributed by atoms with van der Waals surface area (Å²) in [6, 6.07) is 6.20. The van der Waals surface area contributed by atoms with Gasteiger partial charge >= 0.3 is 6.09 Å². The van der Waals surface area contributed by atoms with Crippen molar-refractivity contribution in [2.75, 3.05) is 26.0 Å². The summed E-state index contributed by atoms with van der Waals surface area (Å²) in [5.41, 5.74) is 1.83. The number of aromatic nitrogens is 3. The van der Waals surface area contributed by atoms with Crippen LogP contribution in [0.5, 0.6) is 5.75 Å². The molecule has 1 aliphatic heterocycles. The Hall–Kier alpha value is -2.52. The van der Waals surface area contributed by atoms with E-state index in [0.29, 0.717) is 12.8 Å². The van der Waals surface area contributed by atoms with Crippen molar-refractivity contribution in [3.05, 3.63) is 29.4 Å². The van der Waals surface area contributed by atoms with Gasteiger partial charge in [-0.05, 0) is 68.9 Å². The molecule has 4 rings (SSSR count). The lowest BCUT2D eigenvalue weighted by molar-refractivity contribution is -0.0365. The van der Waals surface area contributed by atoms with Gasteiger partial charge in [0.05, 0.1) is 34.4 Å². The van der Waals surface area contributed by atoms with Crippen molar-refractivity contribution in [1.82, 2.24) is 20.1 Å². The SMILES string of the molecule is C[C@@H](CCNC(=O)OCCc1ncc(-c2nn(C3CCCCO3)c3ccc(O[Si](C)(C)C(C)(C)C)cc23)s1)OS(C)(=O)=O. The standard InChI is InChI=1S/C29H44N4O7S2Si/c1-20(39-42(5,35)36)13-15-30-28(34)38-17-14-25-31-19-24(41-25)27-22-18-21(40-43(6,7)29(2,3)4)11-12-23(22)33(32-27)26-10-8-9-16-37-26/h11-12,18-20,26H,8-10,13-17H2,1-7H3,(H,30,34)/t20-,26?/m0/s1. The fourth-order valence-corrected chi connectivity index (χ4v) is 7.10. The number of nitrogens with one attached hydrogen (secondary N) is 1. The number of alkyl carbamates (subject to hydrolysis) is 1. The molecule has 2 aromatic heterocycles. The number of nitrogens with zero attached hydrogens (tertiary/aromatic N) is 3. The highest BCUT2D eigenvalue weighted by Crippen LogP contribution is 2.40. The number of benzene rings is 1. The molecule has 1 fully saturated rings. The van der Waals surface area contributed by atoms with Crippen LogP contribution in [0.1, 0.15) is 64.6 Å². The van der Waals surface area contributed by atoms with Crippen molar-refractivity contribution in [1.29, 1.82) is 0 Å². The number of fused-ring (bicyclic) bond motifs is 1. The number of hydrogen-bond donors (Lipinski definition) is 1. The van der Waals surface area contributed by atoms with E-state index in [2.05, 4.69) is 56.3 Å². The number of carbonyl (C=O) groups excluding carboxylic acids is 1. The summed E-state index contributed by atoms with van der Waals surface area (Å²) in [6.45, 7) is 13.9. The van der Waals surface area contributed by atoms with Crippen molar-refractivity contribution < 1.29 is 31.3 Å². The molecule has 3 heterocycles. The maximum absolute atomic E-state index is 12.1. The van der Waals surface area contributed by atoms with Gasteiger partial charge in [-0.3, -0.25) is 4.18 Å². The fourth-order valence-electron chi connectivity index (χ4n) is 4.49. The summed E-state index contributed by atoms with van der Waals surface area (Å²) in [6.07, 6.45) is 5.45. The van der Waals surface area contributed by atoms with Gasteiger partial charge in [0.1, 0.15) is 11.4 Å². The maximum atomic E-state index is 12.1. The number of hydrogen-bond acceptors (Lipinski definition) is 10. The minimum absolute atomic E-state index is 0.0710. The van der Waals surface area contributed by atoms with Crippen LogP contribution in [0.3, 0.4) is 0 Å². The van der Waals surface area contributed by atoms with Crippen LogP contribution >= 0.6 is 11.3 Å². The summed E-state index contributed by atoms with van der Waals surface area (Å²) < 4.78 is 47.3. The zero-order valence-electron chi connectivity index (χ0n) is 26.1. The van der Waals surface area contributed by atoms with Crippen molar-refractivity contribution in [2.24, 2.45) is 0 Å². The number of thiazole rings is 1. The van der Waals surface area contributed by atoms with E-state index in [-0.39, 0.29) is 24.4 Å². The number of ether oxygens (including phenoxy) is 2. The van der Waals surface area contributed by atoms with E-state index in [9.17, 15) is 13.2 Å². The second-order valence-corrected chi connectivity index (χ2v) is 19.9. The number of rotatable bonds is 12. The smallest absolute Gasteiger partial charge is 0.407 e. The molecule has 43 heavy (non-hydrogen) atoms. The van der Waals surface area contributed by atoms with E-state index in [1.54, 1.807) is 6.92 Å². The molecule has 0 saturated carbocycles. The molecular weight excluding hydrogens is 609 g/mol. The third-order valence-electron chi connectivity index (χ3n) is 7.78. The Labute approximate surface area is 259 Å². The Morgan fingerprint density at radius 1 is 1.28 bits per heavy atom. The van der Waals surface area contributed by atoms with Crippen LogP contribution < -0.4 is 9.74 Å². The van der Waals surface area contributed by atoms with Gasteiger partial charge in [-0.25, -0.2) is 14.5 Å². The number of carbonyl (C=O) groups is 1. The molecule has 1 unspecified atom stereocenters. The largest absolute Gasteiger partial charge is 0.543 e. The molecule has 1 aromatic carbocycles. The zero-order chi connectivity index (χ0) is 31.4. The van der Waals surface area contributed by atoms with Crippen molar-refractivity contribution in [3.8, 4) is 16.3 Å². The van der Waals surface area contributed by atoms with Gasteiger partial charge < -0.3 is 19.2 Å². The Kier molecular flexibility index (Phi) is 10.6. The lowest BCUT2D eigenvalue weighted by Crippen LogP contribution is -2.43. The molecular formula is C29H44N4O7S2Si. The highest BCUT2D eigenvalue weighted by Gasteiger charge is 2.39. The molecule has 0 spiro atoms. The Balaban J connectivity index is 1.45. The fraction of sp³-hybridized carbons (Fsp3) is 0.621. The third kappa shape index (κ3) is 9.00. The average Bonchev–Trinajstić information content (AvgIpc) is 3.52. The predicted octanol–water partition coefficient (Wildman–Crippen LogP) is 6.27. The van der Waals surface area contributed by atoms with Gasteiger partial charge in [0, 0.05) is 31.2 Å². The topological polar surface area (TPSA) is 131 Å². The first-order valence-electron chi connectivity index (χ1n) is 14.7. The molecule has 0 bridgehead atoms. The summed E-state index contributed by atoms with van der Waals surface area (Å²) >= 11 is 1.52. The molecule has 11 nitrogen and oxygen atoms in total. The second-order valence-electron chi connectivity index (χ2n) is 12.5. The normalized spacial score (nSPS) is 17.1. The van der Waals surface area contributed by atoms with Crippen LogP contribution in [-0.4, -0.2) is 69.7 Å². The molecule has 1 saturated heterocycles. The summed E-state index contributed by atoms with van der Waals surface area (Å²) in [7, 11) is -5.57. The van der Waals surface area contributed by atoms with Crippen molar-refractivity contribution in [2.45, 2.75) is 90.3 Å². The first-order chi connectivity index (χ1) is 20.1. The Bertz CT molecular complexity index is 1510. The third-order valence-corrected chi connectivity index (χ3v) is 13.9. The van der Waals surface area contributed by atoms with Gasteiger partial charge in [0.25, 0.3) is 10.1 Å². The van der Waals surface area contributed by atoms with E-state index < -0.39 is 30.6 Å². The molecule has 1 N–H and O–H groups in total. The first kappa shape index (κ1) is 33.4. The molecule has 0 radical (unpaired) electrons. The van der Waals surface area contributed by atoms with Gasteiger partial charge in [0.2, 0.25) is 8.32 Å². The summed E-state index contributed by atoms with van der Waals surface area (Å²) in [5.74, 6) is 0.839. The monoisotopic (exact) mass is 652 g/mol. The van der Waals surface area contributed by atoms with E-state index >= 15 is 0 Å². The lowest BCUT2D eigenvalue weighted by atomic mass is 10.1. The van der Waals surface area contributed by atoms with Crippen molar-refractivity contribution >= 4 is 46.8 Å². The Morgan fingerprint density at radius 2 is 2.05 bits per heavy atom. The second kappa shape index (κ2) is 13.6. The number of amides is 1. The lowest BCUT2D eigenvalue weighted by Gasteiger charge is -2.36. The molecule has 1 aliphatic rings. The van der Waals surface area contributed by atoms with E-state index in [0.717, 1.165) is 64.4 Å². The van der Waals surface area contributed by atoms with Gasteiger partial charge in [0.15, 0.2) is 6.23 Å². The summed E-state index contributed by atoms with van der Waals surface area (Å²) in [5, 5.41) is 9.54. The van der Waals surface area contributed by atoms with Crippen LogP contribution in [0, 0.1) is 0 Å². The van der Waals surface area contributed by atoms with Crippen LogP contribution in [0.2, 0.25) is 18.1 Å². The molecule has 3 aromatic rings. The average molecular weight is 653 g/mol. The molecule has 1 amide bonds. The van der Waals surface area contributed by atoms with E-state index in [1.165, 1.54) is 11.3 Å². The minimum Gasteiger partial charge on any atom is -0.543 e. The van der Waals surface area contributed by atoms with Crippen LogP contribution in [-0.2, 0) is 30.2 Å². The highest BCUT2D eigenvalue weighted by molar-refractivity contribution is 7.86. The van der Waals surface area contributed by atoms with Gasteiger partial charge in [-0.15, -0.1) is 11.3 Å². The Morgan fingerprint density at radius 3 is 2.72 bits per heavy atom. The minimum atomic E-state index is -3.54. The van der Waals surface area contributed by atoms with Crippen LogP contribution in [0.4, 0.5) is 4.79 Å². The van der Waals surface area contributed by atoms with Crippen LogP contribution in [0.15, 0.2) is 24.4 Å². The maximum Gasteiger partial charge on any atom is 0.407 e. The van der Waals surface area contributed by atoms with Gasteiger partial charge in [-0.2, -0.15) is 13.5 Å². The van der Waals surface area contributed by atoms with E-state index in [1.807, 2.05) is 16.9 Å². The predicted molar refractivity (Wildman–Crippen MR) is 171 cm³/mol. The summed E-state index contributed by atoms with van der Waals surface area (Å²) in [4.78, 5) is 17.6. The zero-order valence-corrected chi connectivity index (χ0v) is 28.8. The molecule has 238 valence electrons. The molecule has 14 heteroatoms. The van der Waals surface area contributed by atoms with Crippen molar-refractivity contribution in [3.63, 3.8) is 0 Å². The first-order valence-corrected chi connectivity index (χ1v) is 20.2. The highest BCUT2D eigenvalue weighted by atomic mass is 32.2. The van der Waals surface area contributed by atoms with Crippen LogP contribution in [0.25, 0.3) is 21.5 Å². The molecule has 2 atom stereocenters. The molecule has 0 aliphatic carbocycles. The van der Waals surface area contributed by atoms with Gasteiger partial charge in [-0.1, -0.05) is 20.8 Å². The van der Waals surface area contributed by atoms with E-state index in [4.69, 9.17) is 23.2 Å². The quantitative estimate of drug-likeness (QED) is 0.178.